The molecule has 18 heteroatoms. The Kier molecular flexibility index (Phi) is 9.24. The van der Waals surface area contributed by atoms with Crippen LogP contribution in [0.25, 0.3) is 33.8 Å². The molecule has 0 saturated carbocycles. The van der Waals surface area contributed by atoms with E-state index in [0.29, 0.717) is 46.9 Å². The third kappa shape index (κ3) is 6.64. The number of rotatable bonds is 9. The third-order valence-electron chi connectivity index (χ3n) is 6.42. The van der Waals surface area contributed by atoms with Crippen molar-refractivity contribution in [1.82, 2.24) is 24.8 Å². The van der Waals surface area contributed by atoms with Crippen molar-refractivity contribution in [1.29, 1.82) is 0 Å². The summed E-state index contributed by atoms with van der Waals surface area (Å²) in [6, 6.07) is 10.1. The van der Waals surface area contributed by atoms with E-state index in [1.807, 2.05) is 6.92 Å². The number of halogens is 4. The van der Waals surface area contributed by atoms with Crippen LogP contribution in [0.1, 0.15) is 13.3 Å². The number of carbonyl (C=O) groups excluding carboxylic acids is 2. The molecule has 0 aliphatic heterocycles. The van der Waals surface area contributed by atoms with Crippen molar-refractivity contribution in [2.75, 3.05) is 29.3 Å². The van der Waals surface area contributed by atoms with Crippen LogP contribution in [0, 0.1) is 0 Å². The Hall–Kier alpha value is -5.42. The molecule has 240 valence electrons. The summed E-state index contributed by atoms with van der Waals surface area (Å²) >= 11 is 5.88. The van der Waals surface area contributed by atoms with Crippen molar-refractivity contribution in [3.8, 4) is 28.5 Å². The van der Waals surface area contributed by atoms with Gasteiger partial charge in [0.15, 0.2) is 23.1 Å². The number of urea groups is 1. The molecule has 5 rings (SSSR count). The standard InChI is InChI=1S/C28H25ClF3N9O5/c1-2-40-23-19(44-12-4-11-33)14-35-20(21(23)37-25(40)22-24(34)39-46-38-22)15-5-3-6-18(13-15)41(45-26(42)28(30,31)32)27(43)36-17-9-7-16(29)8-10-17/h3,5-10,13-14H,2,4,11-12,33H2,1H3,(H2,34,39)(H,36,43). The highest BCUT2D eigenvalue weighted by molar-refractivity contribution is 6.30. The maximum Gasteiger partial charge on any atom is 0.493 e. The van der Waals surface area contributed by atoms with Crippen molar-refractivity contribution in [2.24, 2.45) is 5.73 Å². The first kappa shape index (κ1) is 32.0. The first-order chi connectivity index (χ1) is 22.0. The number of carbonyl (C=O) groups is 2. The summed E-state index contributed by atoms with van der Waals surface area (Å²) in [5.41, 5.74) is 13.0. The largest absolute Gasteiger partial charge is 0.493 e. The van der Waals surface area contributed by atoms with Gasteiger partial charge < -0.3 is 30.9 Å². The van der Waals surface area contributed by atoms with Gasteiger partial charge in [0.2, 0.25) is 0 Å². The number of amides is 2. The fraction of sp³-hybridized carbons (Fsp3) is 0.214. The number of aromatic nitrogens is 5. The van der Waals surface area contributed by atoms with Crippen molar-refractivity contribution in [3.05, 3.63) is 59.8 Å². The Labute approximate surface area is 262 Å². The summed E-state index contributed by atoms with van der Waals surface area (Å²) in [4.78, 5) is 38.8. The Bertz CT molecular complexity index is 1880. The number of nitrogens with one attached hydrogen (secondary N) is 1. The highest BCUT2D eigenvalue weighted by atomic mass is 35.5. The fourth-order valence-corrected chi connectivity index (χ4v) is 4.49. The summed E-state index contributed by atoms with van der Waals surface area (Å²) in [7, 11) is 0. The van der Waals surface area contributed by atoms with E-state index in [1.54, 1.807) is 10.6 Å². The van der Waals surface area contributed by atoms with Crippen LogP contribution in [0.5, 0.6) is 5.75 Å². The van der Waals surface area contributed by atoms with Gasteiger partial charge in [0.1, 0.15) is 11.0 Å². The molecular weight excluding hydrogens is 635 g/mol. The molecule has 14 nitrogen and oxygen atoms in total. The number of alkyl halides is 3. The first-order valence-electron chi connectivity index (χ1n) is 13.6. The van der Waals surface area contributed by atoms with E-state index in [1.165, 1.54) is 48.7 Å². The van der Waals surface area contributed by atoms with E-state index in [9.17, 15) is 22.8 Å². The number of benzene rings is 2. The van der Waals surface area contributed by atoms with Crippen LogP contribution >= 0.6 is 11.6 Å². The number of hydrogen-bond acceptors (Lipinski definition) is 11. The predicted molar refractivity (Wildman–Crippen MR) is 161 cm³/mol. The second-order valence-corrected chi connectivity index (χ2v) is 9.93. The summed E-state index contributed by atoms with van der Waals surface area (Å²) in [6.45, 7) is 2.90. The molecule has 3 heterocycles. The number of nitrogens with two attached hydrogens (primary N) is 2. The van der Waals surface area contributed by atoms with E-state index >= 15 is 0 Å². The molecule has 46 heavy (non-hydrogen) atoms. The van der Waals surface area contributed by atoms with Crippen LogP contribution in [0.3, 0.4) is 0 Å². The number of imidazole rings is 1. The Morgan fingerprint density at radius 1 is 1.13 bits per heavy atom. The van der Waals surface area contributed by atoms with Gasteiger partial charge in [-0.1, -0.05) is 23.7 Å². The second kappa shape index (κ2) is 13.3. The van der Waals surface area contributed by atoms with Gasteiger partial charge in [-0.05, 0) is 66.6 Å². The van der Waals surface area contributed by atoms with Gasteiger partial charge >= 0.3 is 18.2 Å². The average molecular weight is 660 g/mol. The van der Waals surface area contributed by atoms with Gasteiger partial charge in [0, 0.05) is 22.8 Å². The van der Waals surface area contributed by atoms with E-state index in [2.05, 4.69) is 25.5 Å². The molecule has 0 atom stereocenters. The molecule has 5 N–H and O–H groups in total. The molecule has 0 radical (unpaired) electrons. The van der Waals surface area contributed by atoms with Crippen LogP contribution in [-0.2, 0) is 16.2 Å². The average Bonchev–Trinajstić information content (AvgIpc) is 3.63. The number of pyridine rings is 1. The quantitative estimate of drug-likeness (QED) is 0.139. The number of anilines is 3. The number of aryl methyl sites for hydroxylation is 1. The van der Waals surface area contributed by atoms with Crippen LogP contribution in [-0.4, -0.2) is 56.2 Å². The molecule has 2 amide bonds. The van der Waals surface area contributed by atoms with E-state index < -0.39 is 18.2 Å². The fourth-order valence-electron chi connectivity index (χ4n) is 4.37. The van der Waals surface area contributed by atoms with Crippen molar-refractivity contribution >= 4 is 51.8 Å². The van der Waals surface area contributed by atoms with Crippen LogP contribution in [0.15, 0.2) is 59.4 Å². The molecule has 3 aromatic heterocycles. The van der Waals surface area contributed by atoms with E-state index in [-0.39, 0.29) is 46.1 Å². The third-order valence-corrected chi connectivity index (χ3v) is 6.68. The van der Waals surface area contributed by atoms with Crippen LogP contribution in [0.2, 0.25) is 5.02 Å². The van der Waals surface area contributed by atoms with Gasteiger partial charge in [-0.2, -0.15) is 13.2 Å². The van der Waals surface area contributed by atoms with Crippen molar-refractivity contribution < 1.29 is 37.0 Å². The molecule has 5 aromatic rings. The topological polar surface area (TPSA) is 190 Å². The number of nitrogens with zero attached hydrogens (tertiary/aromatic N) is 6. The normalized spacial score (nSPS) is 11.4. The minimum atomic E-state index is -5.40. The lowest BCUT2D eigenvalue weighted by Crippen LogP contribution is -2.41. The SMILES string of the molecule is CCn1c(-c2nonc2N)nc2c(-c3cccc(N(OC(=O)C(F)(F)F)C(=O)Nc4ccc(Cl)cc4)c3)ncc(OCCCN)c21. The number of nitrogen functional groups attached to an aromatic ring is 1. The predicted octanol–water partition coefficient (Wildman–Crippen LogP) is 5.19. The van der Waals surface area contributed by atoms with Gasteiger partial charge in [-0.25, -0.2) is 24.2 Å². The molecule has 0 bridgehead atoms. The summed E-state index contributed by atoms with van der Waals surface area (Å²) < 4.78 is 52.2. The lowest BCUT2D eigenvalue weighted by molar-refractivity contribution is -0.199. The monoisotopic (exact) mass is 659 g/mol. The molecule has 0 aliphatic carbocycles. The van der Waals surface area contributed by atoms with Crippen molar-refractivity contribution in [2.45, 2.75) is 26.1 Å². The minimum absolute atomic E-state index is 0.0130. The zero-order chi connectivity index (χ0) is 33.0. The zero-order valence-electron chi connectivity index (χ0n) is 23.9. The molecular formula is C28H25ClF3N9O5. The highest BCUT2D eigenvalue weighted by Crippen LogP contribution is 2.37. The Balaban J connectivity index is 1.62. The molecule has 0 spiro atoms. The number of ether oxygens (including phenoxy) is 1. The lowest BCUT2D eigenvalue weighted by atomic mass is 10.1. The second-order valence-electron chi connectivity index (χ2n) is 9.49. The van der Waals surface area contributed by atoms with Gasteiger partial charge in [-0.3, -0.25) is 0 Å². The van der Waals surface area contributed by atoms with Crippen LogP contribution in [0.4, 0.5) is 35.2 Å². The Morgan fingerprint density at radius 2 is 1.89 bits per heavy atom. The highest BCUT2D eigenvalue weighted by Gasteiger charge is 2.44. The molecule has 2 aromatic carbocycles. The Morgan fingerprint density at radius 3 is 2.54 bits per heavy atom. The molecule has 0 unspecified atom stereocenters. The smallest absolute Gasteiger partial charge is 0.490 e. The first-order valence-corrected chi connectivity index (χ1v) is 14.0. The van der Waals surface area contributed by atoms with E-state index in [0.717, 1.165) is 0 Å². The van der Waals surface area contributed by atoms with Crippen molar-refractivity contribution in [3.63, 3.8) is 0 Å². The number of hydroxylamine groups is 1. The molecule has 0 fully saturated rings. The van der Waals surface area contributed by atoms with E-state index in [4.69, 9.17) is 37.4 Å². The lowest BCUT2D eigenvalue weighted by Gasteiger charge is -2.22. The van der Waals surface area contributed by atoms with Gasteiger partial charge in [0.25, 0.3) is 0 Å². The summed E-state index contributed by atoms with van der Waals surface area (Å²) in [6.07, 6.45) is -3.38. The minimum Gasteiger partial charge on any atom is -0.490 e. The maximum atomic E-state index is 13.2. The number of hydrogen-bond donors (Lipinski definition) is 3. The molecule has 0 saturated heterocycles. The van der Waals surface area contributed by atoms with Crippen LogP contribution < -0.4 is 26.6 Å². The zero-order valence-corrected chi connectivity index (χ0v) is 24.7. The number of fused-ring (bicyclic) bond motifs is 1. The maximum absolute atomic E-state index is 13.2. The summed E-state index contributed by atoms with van der Waals surface area (Å²) in [5.74, 6) is -1.98. The molecule has 0 aliphatic rings. The van der Waals surface area contributed by atoms with Gasteiger partial charge in [-0.15, -0.1) is 5.06 Å². The van der Waals surface area contributed by atoms with Gasteiger partial charge in [0.05, 0.1) is 24.2 Å². The summed E-state index contributed by atoms with van der Waals surface area (Å²) in [5, 5.41) is 10.4.